The summed E-state index contributed by atoms with van der Waals surface area (Å²) in [5.74, 6) is 0.0818. The number of amides is 2. The molecule has 27 heavy (non-hydrogen) atoms. The van der Waals surface area contributed by atoms with Gasteiger partial charge in [0.1, 0.15) is 11.2 Å². The largest absolute Gasteiger partial charge is 0.491 e. The smallest absolute Gasteiger partial charge is 0.240 e. The molecule has 1 aliphatic rings. The minimum absolute atomic E-state index is 0.0751. The number of anilines is 2. The van der Waals surface area contributed by atoms with Crippen LogP contribution in [0.4, 0.5) is 11.4 Å². The minimum Gasteiger partial charge on any atom is -0.491 e. The number of carbonyl (C=O) groups is 2. The van der Waals surface area contributed by atoms with E-state index in [1.54, 1.807) is 48.5 Å². The molecule has 2 aromatic carbocycles. The highest BCUT2D eigenvalue weighted by molar-refractivity contribution is 6.16. The number of rotatable bonds is 6. The predicted molar refractivity (Wildman–Crippen MR) is 102 cm³/mol. The molecule has 1 aliphatic carbocycles. The maximum Gasteiger partial charge on any atom is 0.240 e. The molecule has 138 valence electrons. The summed E-state index contributed by atoms with van der Waals surface area (Å²) in [5, 5.41) is 14.4. The van der Waals surface area contributed by atoms with Crippen molar-refractivity contribution in [3.05, 3.63) is 54.1 Å². The van der Waals surface area contributed by atoms with Gasteiger partial charge in [0.05, 0.1) is 17.7 Å². The third kappa shape index (κ3) is 4.26. The number of carbonyl (C=O) groups excluding carboxylic acids is 2. The Bertz CT molecular complexity index is 876. The Kier molecular flexibility index (Phi) is 5.13. The van der Waals surface area contributed by atoms with Crippen molar-refractivity contribution in [1.29, 1.82) is 5.26 Å². The van der Waals surface area contributed by atoms with Crippen molar-refractivity contribution in [2.24, 2.45) is 5.41 Å². The van der Waals surface area contributed by atoms with Gasteiger partial charge in [0.25, 0.3) is 0 Å². The van der Waals surface area contributed by atoms with E-state index in [0.717, 1.165) is 5.75 Å². The summed E-state index contributed by atoms with van der Waals surface area (Å²) in [5.41, 5.74) is 0.652. The van der Waals surface area contributed by atoms with Crippen molar-refractivity contribution in [2.75, 3.05) is 10.6 Å². The van der Waals surface area contributed by atoms with Crippen LogP contribution in [-0.4, -0.2) is 17.9 Å². The van der Waals surface area contributed by atoms with Crippen LogP contribution in [-0.2, 0) is 9.59 Å². The summed E-state index contributed by atoms with van der Waals surface area (Å²) in [4.78, 5) is 25.2. The van der Waals surface area contributed by atoms with Crippen molar-refractivity contribution >= 4 is 23.2 Å². The van der Waals surface area contributed by atoms with Crippen molar-refractivity contribution in [3.8, 4) is 11.8 Å². The van der Waals surface area contributed by atoms with Gasteiger partial charge in [-0.3, -0.25) is 9.59 Å². The summed E-state index contributed by atoms with van der Waals surface area (Å²) in [6.07, 6.45) is 1.09. The van der Waals surface area contributed by atoms with E-state index in [1.807, 2.05) is 19.9 Å². The SMILES string of the molecule is CC(C)Oc1ccc(NC(=O)C2(C(=O)Nc3ccc(C#N)cc3)CC2)cc1. The maximum absolute atomic E-state index is 12.6. The molecule has 6 nitrogen and oxygen atoms in total. The first kappa shape index (κ1) is 18.5. The predicted octanol–water partition coefficient (Wildman–Crippen LogP) is 3.70. The van der Waals surface area contributed by atoms with Gasteiger partial charge in [-0.25, -0.2) is 0 Å². The van der Waals surface area contributed by atoms with Gasteiger partial charge in [-0.05, 0) is 75.2 Å². The Hall–Kier alpha value is -3.33. The first-order valence-corrected chi connectivity index (χ1v) is 8.83. The molecule has 0 unspecified atom stereocenters. The Morgan fingerprint density at radius 3 is 1.85 bits per heavy atom. The molecule has 0 atom stereocenters. The van der Waals surface area contributed by atoms with Gasteiger partial charge >= 0.3 is 0 Å². The highest BCUT2D eigenvalue weighted by Gasteiger charge is 2.56. The number of nitrogens with one attached hydrogen (secondary N) is 2. The highest BCUT2D eigenvalue weighted by Crippen LogP contribution is 2.47. The second-order valence-corrected chi connectivity index (χ2v) is 6.87. The molecule has 0 aliphatic heterocycles. The fourth-order valence-electron chi connectivity index (χ4n) is 2.70. The molecule has 1 fully saturated rings. The van der Waals surface area contributed by atoms with E-state index in [4.69, 9.17) is 10.00 Å². The maximum atomic E-state index is 12.6. The number of nitrogens with zero attached hydrogens (tertiary/aromatic N) is 1. The molecule has 0 aromatic heterocycles. The van der Waals surface area contributed by atoms with E-state index in [1.165, 1.54) is 0 Å². The summed E-state index contributed by atoms with van der Waals surface area (Å²) in [7, 11) is 0. The Morgan fingerprint density at radius 2 is 1.44 bits per heavy atom. The van der Waals surface area contributed by atoms with Crippen LogP contribution in [0.1, 0.15) is 32.3 Å². The van der Waals surface area contributed by atoms with Crippen molar-refractivity contribution in [3.63, 3.8) is 0 Å². The van der Waals surface area contributed by atoms with Gasteiger partial charge in [-0.2, -0.15) is 5.26 Å². The second kappa shape index (κ2) is 7.50. The van der Waals surface area contributed by atoms with Crippen molar-refractivity contribution in [2.45, 2.75) is 32.8 Å². The molecule has 0 bridgehead atoms. The van der Waals surface area contributed by atoms with Gasteiger partial charge in [-0.1, -0.05) is 0 Å². The number of hydrogen-bond donors (Lipinski definition) is 2. The highest BCUT2D eigenvalue weighted by atomic mass is 16.5. The van der Waals surface area contributed by atoms with Crippen molar-refractivity contribution in [1.82, 2.24) is 0 Å². The zero-order valence-corrected chi connectivity index (χ0v) is 15.3. The lowest BCUT2D eigenvalue weighted by Crippen LogP contribution is -2.35. The van der Waals surface area contributed by atoms with E-state index < -0.39 is 5.41 Å². The van der Waals surface area contributed by atoms with Gasteiger partial charge in [-0.15, -0.1) is 0 Å². The third-order valence-corrected chi connectivity index (χ3v) is 4.38. The van der Waals surface area contributed by atoms with Crippen LogP contribution in [0.15, 0.2) is 48.5 Å². The summed E-state index contributed by atoms with van der Waals surface area (Å²) >= 11 is 0. The lowest BCUT2D eigenvalue weighted by molar-refractivity contribution is -0.131. The molecule has 0 heterocycles. The van der Waals surface area contributed by atoms with Crippen LogP contribution in [0.3, 0.4) is 0 Å². The molecule has 3 rings (SSSR count). The Morgan fingerprint density at radius 1 is 0.963 bits per heavy atom. The standard InChI is InChI=1S/C21H21N3O3/c1-14(2)27-18-9-7-17(8-10-18)24-20(26)21(11-12-21)19(25)23-16-5-3-15(13-22)4-6-16/h3-10,14H,11-12H2,1-2H3,(H,23,25)(H,24,26). The van der Waals surface area contributed by atoms with E-state index in [0.29, 0.717) is 29.8 Å². The zero-order chi connectivity index (χ0) is 19.4. The monoisotopic (exact) mass is 363 g/mol. The average Bonchev–Trinajstić information content (AvgIpc) is 3.46. The summed E-state index contributed by atoms with van der Waals surface area (Å²) < 4.78 is 5.58. The minimum atomic E-state index is -1.04. The summed E-state index contributed by atoms with van der Waals surface area (Å²) in [6.45, 7) is 3.89. The van der Waals surface area contributed by atoms with E-state index >= 15 is 0 Å². The van der Waals surface area contributed by atoms with Gasteiger partial charge in [0.2, 0.25) is 11.8 Å². The van der Waals surface area contributed by atoms with E-state index in [9.17, 15) is 9.59 Å². The third-order valence-electron chi connectivity index (χ3n) is 4.38. The topological polar surface area (TPSA) is 91.2 Å². The average molecular weight is 363 g/mol. The molecule has 0 radical (unpaired) electrons. The lowest BCUT2D eigenvalue weighted by atomic mass is 10.0. The van der Waals surface area contributed by atoms with E-state index in [-0.39, 0.29) is 17.9 Å². The molecule has 1 saturated carbocycles. The molecular formula is C21H21N3O3. The van der Waals surface area contributed by atoms with Crippen LogP contribution >= 0.6 is 0 Å². The normalized spacial score (nSPS) is 14.1. The first-order chi connectivity index (χ1) is 12.9. The number of benzene rings is 2. The molecular weight excluding hydrogens is 342 g/mol. The van der Waals surface area contributed by atoms with Crippen LogP contribution in [0, 0.1) is 16.7 Å². The van der Waals surface area contributed by atoms with Gasteiger partial charge in [0.15, 0.2) is 0 Å². The Balaban J connectivity index is 1.63. The van der Waals surface area contributed by atoms with Crippen LogP contribution in [0.2, 0.25) is 0 Å². The quantitative estimate of drug-likeness (QED) is 0.766. The second-order valence-electron chi connectivity index (χ2n) is 6.87. The number of nitriles is 1. The lowest BCUT2D eigenvalue weighted by Gasteiger charge is -2.16. The van der Waals surface area contributed by atoms with Gasteiger partial charge in [0, 0.05) is 11.4 Å². The molecule has 0 spiro atoms. The number of ether oxygens (including phenoxy) is 1. The molecule has 6 heteroatoms. The molecule has 2 amide bonds. The van der Waals surface area contributed by atoms with Crippen LogP contribution in [0.5, 0.6) is 5.75 Å². The fourth-order valence-corrected chi connectivity index (χ4v) is 2.70. The molecule has 0 saturated heterocycles. The first-order valence-electron chi connectivity index (χ1n) is 8.83. The molecule has 2 aromatic rings. The summed E-state index contributed by atoms with van der Waals surface area (Å²) in [6, 6.07) is 15.6. The number of hydrogen-bond acceptors (Lipinski definition) is 4. The fraction of sp³-hybridized carbons (Fsp3) is 0.286. The van der Waals surface area contributed by atoms with Crippen LogP contribution < -0.4 is 15.4 Å². The zero-order valence-electron chi connectivity index (χ0n) is 15.3. The van der Waals surface area contributed by atoms with E-state index in [2.05, 4.69) is 10.6 Å². The van der Waals surface area contributed by atoms with Gasteiger partial charge < -0.3 is 15.4 Å². The van der Waals surface area contributed by atoms with Crippen LogP contribution in [0.25, 0.3) is 0 Å². The molecule has 2 N–H and O–H groups in total. The Labute approximate surface area is 158 Å². The van der Waals surface area contributed by atoms with Crippen molar-refractivity contribution < 1.29 is 14.3 Å².